The van der Waals surface area contributed by atoms with E-state index in [1.807, 2.05) is 36.4 Å². The lowest BCUT2D eigenvalue weighted by atomic mass is 10.0. The van der Waals surface area contributed by atoms with E-state index in [9.17, 15) is 0 Å². The van der Waals surface area contributed by atoms with E-state index in [2.05, 4.69) is 46.4 Å². The van der Waals surface area contributed by atoms with Crippen LogP contribution in [0, 0.1) is 5.41 Å². The summed E-state index contributed by atoms with van der Waals surface area (Å²) in [5.74, 6) is 1.20. The fourth-order valence-corrected chi connectivity index (χ4v) is 3.66. The Kier molecular flexibility index (Phi) is 5.22. The van der Waals surface area contributed by atoms with E-state index >= 15 is 0 Å². The predicted molar refractivity (Wildman–Crippen MR) is 129 cm³/mol. The van der Waals surface area contributed by atoms with Gasteiger partial charge in [0.2, 0.25) is 5.95 Å². The third-order valence-corrected chi connectivity index (χ3v) is 5.00. The van der Waals surface area contributed by atoms with Gasteiger partial charge in [0.25, 0.3) is 0 Å². The lowest BCUT2D eigenvalue weighted by Crippen LogP contribution is -2.22. The number of nitrogen functional groups attached to an aromatic ring is 1. The second-order valence-electron chi connectivity index (χ2n) is 8.60. The van der Waals surface area contributed by atoms with Gasteiger partial charge in [-0.05, 0) is 44.5 Å². The van der Waals surface area contributed by atoms with Crippen LogP contribution in [0.15, 0.2) is 59.9 Å². The molecule has 0 amide bonds. The first-order valence-electron chi connectivity index (χ1n) is 10.2. The molecule has 0 radical (unpaired) electrons. The first-order valence-corrected chi connectivity index (χ1v) is 10.2. The van der Waals surface area contributed by atoms with Crippen LogP contribution in [0.5, 0.6) is 0 Å². The third-order valence-electron chi connectivity index (χ3n) is 5.00. The van der Waals surface area contributed by atoms with Gasteiger partial charge in [0.1, 0.15) is 5.82 Å². The Morgan fingerprint density at radius 2 is 1.75 bits per heavy atom. The zero-order valence-electron chi connectivity index (χ0n) is 18.5. The van der Waals surface area contributed by atoms with Crippen molar-refractivity contribution in [2.24, 2.45) is 4.99 Å². The minimum absolute atomic E-state index is 0.0587. The molecule has 0 aliphatic rings. The molecule has 0 aliphatic heterocycles. The van der Waals surface area contributed by atoms with Gasteiger partial charge in [0.05, 0.1) is 18.0 Å². The number of imidazole rings is 1. The Balaban J connectivity index is 1.88. The monoisotopic (exact) mass is 428 g/mol. The zero-order chi connectivity index (χ0) is 23.0. The number of benzene rings is 2. The first kappa shape index (κ1) is 21.2. The molecule has 32 heavy (non-hydrogen) atoms. The zero-order valence-corrected chi connectivity index (χ0v) is 18.5. The van der Waals surface area contributed by atoms with Gasteiger partial charge in [-0.25, -0.2) is 15.0 Å². The van der Waals surface area contributed by atoms with Crippen molar-refractivity contribution >= 4 is 28.7 Å². The molecule has 8 nitrogen and oxygen atoms in total. The van der Waals surface area contributed by atoms with Crippen LogP contribution in [0.1, 0.15) is 33.3 Å². The van der Waals surface area contributed by atoms with Crippen LogP contribution in [0.2, 0.25) is 0 Å². The molecule has 0 atom stereocenters. The second-order valence-corrected chi connectivity index (χ2v) is 8.60. The fraction of sp³-hybridized carbons (Fsp3) is 0.208. The largest absolute Gasteiger partial charge is 0.582 e. The molecule has 0 unspecified atom stereocenters. The summed E-state index contributed by atoms with van der Waals surface area (Å²) in [6.45, 7) is 7.97. The molecule has 8 heteroatoms. The lowest BCUT2D eigenvalue weighted by Gasteiger charge is -2.25. The Bertz CT molecular complexity index is 1340. The van der Waals surface area contributed by atoms with Gasteiger partial charge in [-0.15, -0.1) is 0 Å². The van der Waals surface area contributed by atoms with Crippen molar-refractivity contribution in [2.45, 2.75) is 33.2 Å². The van der Waals surface area contributed by atoms with Gasteiger partial charge in [0, 0.05) is 34.6 Å². The maximum atomic E-state index is 8.19. The molecule has 2 aromatic carbocycles. The number of amidine groups is 1. The molecule has 5 N–H and O–H groups in total. The van der Waals surface area contributed by atoms with Crippen molar-refractivity contribution in [1.29, 1.82) is 5.41 Å². The van der Waals surface area contributed by atoms with Gasteiger partial charge < -0.3 is 15.4 Å². The van der Waals surface area contributed by atoms with E-state index in [1.54, 1.807) is 19.3 Å². The molecular formula is C24H26N7O+. The van der Waals surface area contributed by atoms with Crippen molar-refractivity contribution in [3.8, 4) is 22.5 Å². The van der Waals surface area contributed by atoms with Crippen LogP contribution in [0.3, 0.4) is 0 Å². The number of nitrogens with two attached hydrogens (primary N) is 1. The molecule has 2 heterocycles. The van der Waals surface area contributed by atoms with Crippen molar-refractivity contribution in [3.05, 3.63) is 60.4 Å². The highest BCUT2D eigenvalue weighted by molar-refractivity contribution is 6.03. The Morgan fingerprint density at radius 1 is 1.03 bits per heavy atom. The van der Waals surface area contributed by atoms with E-state index in [0.717, 1.165) is 33.5 Å². The first-order chi connectivity index (χ1) is 15.1. The number of hydrogen-bond donors (Lipinski definition) is 2. The smallest absolute Gasteiger partial charge is 0.329 e. The maximum Gasteiger partial charge on any atom is 0.329 e. The fourth-order valence-electron chi connectivity index (χ4n) is 3.66. The number of hydrogen-bond acceptors (Lipinski definition) is 5. The van der Waals surface area contributed by atoms with Crippen molar-refractivity contribution in [1.82, 2.24) is 19.5 Å². The minimum Gasteiger partial charge on any atom is -0.582 e. The lowest BCUT2D eigenvalue weighted by molar-refractivity contribution is 0.413. The molecule has 0 saturated carbocycles. The normalized spacial score (nSPS) is 12.3. The van der Waals surface area contributed by atoms with Gasteiger partial charge in [-0.2, -0.15) is 4.99 Å². The Hall–Kier alpha value is -4.07. The average Bonchev–Trinajstić information content (AvgIpc) is 3.13. The SMILES string of the molecule is CC([OH2+])=NC(=N)c1cccc(-c2nc3cc(-c4cnc(N)nc4)ccc3n2C(C)(C)C)c1. The summed E-state index contributed by atoms with van der Waals surface area (Å²) >= 11 is 0. The molecule has 0 aliphatic carbocycles. The van der Waals surface area contributed by atoms with Crippen molar-refractivity contribution in [2.75, 3.05) is 5.73 Å². The highest BCUT2D eigenvalue weighted by Crippen LogP contribution is 2.33. The minimum atomic E-state index is -0.227. The van der Waals surface area contributed by atoms with Crippen LogP contribution >= 0.6 is 0 Å². The second kappa shape index (κ2) is 7.88. The van der Waals surface area contributed by atoms with Gasteiger partial charge >= 0.3 is 5.90 Å². The summed E-state index contributed by atoms with van der Waals surface area (Å²) < 4.78 is 2.20. The number of rotatable bonds is 3. The number of fused-ring (bicyclic) bond motifs is 1. The van der Waals surface area contributed by atoms with Crippen LogP contribution in [-0.2, 0) is 5.54 Å². The molecule has 0 bridgehead atoms. The quantitative estimate of drug-likeness (QED) is 0.290. The summed E-state index contributed by atoms with van der Waals surface area (Å²) in [4.78, 5) is 17.1. The van der Waals surface area contributed by atoms with E-state index in [-0.39, 0.29) is 23.2 Å². The van der Waals surface area contributed by atoms with E-state index in [1.165, 1.54) is 0 Å². The Morgan fingerprint density at radius 3 is 2.41 bits per heavy atom. The molecule has 0 saturated heterocycles. The average molecular weight is 429 g/mol. The molecule has 0 fully saturated rings. The van der Waals surface area contributed by atoms with Crippen LogP contribution in [0.25, 0.3) is 33.5 Å². The van der Waals surface area contributed by atoms with Crippen LogP contribution in [0.4, 0.5) is 5.95 Å². The highest BCUT2D eigenvalue weighted by Gasteiger charge is 2.23. The van der Waals surface area contributed by atoms with Crippen molar-refractivity contribution in [3.63, 3.8) is 0 Å². The standard InChI is InChI=1S/C24H25N7O/c1-14(32)29-21(25)16-6-5-7-17(10-16)22-30-19-11-15(18-12-27-23(26)28-13-18)8-9-20(19)31(22)24(2,3)4/h5-13H,1-4H3,(H2,25,29,32)(H2,26,27,28)/p+1. The number of aromatic nitrogens is 4. The number of aliphatic imine (C=N–C) groups is 1. The number of nitrogens with one attached hydrogen (secondary N) is 1. The van der Waals surface area contributed by atoms with E-state index in [4.69, 9.17) is 21.2 Å². The molecule has 0 spiro atoms. The number of nitrogens with zero attached hydrogens (tertiary/aromatic N) is 5. The summed E-state index contributed by atoms with van der Waals surface area (Å²) in [5, 5.41) is 15.7. The highest BCUT2D eigenvalue weighted by atomic mass is 16.3. The molecular weight excluding hydrogens is 402 g/mol. The van der Waals surface area contributed by atoms with Gasteiger partial charge in [-0.3, -0.25) is 5.41 Å². The van der Waals surface area contributed by atoms with Gasteiger partial charge in [-0.1, -0.05) is 24.3 Å². The summed E-state index contributed by atoms with van der Waals surface area (Å²) in [6, 6.07) is 13.7. The molecule has 4 aromatic rings. The predicted octanol–water partition coefficient (Wildman–Crippen LogP) is 3.97. The summed E-state index contributed by atoms with van der Waals surface area (Å²) in [5.41, 5.74) is 10.6. The van der Waals surface area contributed by atoms with Gasteiger partial charge in [0.15, 0.2) is 5.84 Å². The number of anilines is 1. The third kappa shape index (κ3) is 4.07. The van der Waals surface area contributed by atoms with Crippen LogP contribution < -0.4 is 5.73 Å². The molecule has 2 aromatic heterocycles. The maximum absolute atomic E-state index is 8.19. The Labute approximate surface area is 186 Å². The van der Waals surface area contributed by atoms with E-state index in [0.29, 0.717) is 5.56 Å². The van der Waals surface area contributed by atoms with Crippen molar-refractivity contribution < 1.29 is 5.11 Å². The summed E-state index contributed by atoms with van der Waals surface area (Å²) in [7, 11) is 0. The topological polar surface area (TPSA) is 129 Å². The van der Waals surface area contributed by atoms with E-state index < -0.39 is 0 Å². The summed E-state index contributed by atoms with van der Waals surface area (Å²) in [6.07, 6.45) is 3.41. The van der Waals surface area contributed by atoms with Crippen LogP contribution in [-0.4, -0.2) is 36.4 Å². The molecule has 162 valence electrons. The molecule has 4 rings (SSSR count).